The zero-order valence-electron chi connectivity index (χ0n) is 18.1. The molecule has 1 fully saturated rings. The van der Waals surface area contributed by atoms with Crippen LogP contribution in [0, 0.1) is 0 Å². The zero-order valence-corrected chi connectivity index (χ0v) is 18.1. The molecule has 0 unspecified atom stereocenters. The van der Waals surface area contributed by atoms with E-state index in [0.717, 1.165) is 10.9 Å². The lowest BCUT2D eigenvalue weighted by Gasteiger charge is -2.24. The van der Waals surface area contributed by atoms with Crippen LogP contribution in [0.15, 0.2) is 18.2 Å². The molecule has 0 spiro atoms. The molecule has 1 aliphatic rings. The Morgan fingerprint density at radius 2 is 2.10 bits per heavy atom. The third-order valence-electron chi connectivity index (χ3n) is 5.56. The van der Waals surface area contributed by atoms with E-state index in [1.54, 1.807) is 18.7 Å². The number of benzene rings is 1. The molecule has 3 aromatic rings. The van der Waals surface area contributed by atoms with Gasteiger partial charge in [0.05, 0.1) is 35.8 Å². The number of aliphatic hydroxyl groups is 2. The number of hydrogen-bond donors (Lipinski definition) is 3. The predicted octanol–water partition coefficient (Wildman–Crippen LogP) is 1.96. The van der Waals surface area contributed by atoms with Crippen molar-refractivity contribution < 1.29 is 19.7 Å². The van der Waals surface area contributed by atoms with Crippen molar-refractivity contribution in [2.75, 3.05) is 23.8 Å². The third-order valence-corrected chi connectivity index (χ3v) is 5.56. The topological polar surface area (TPSA) is 127 Å². The van der Waals surface area contributed by atoms with Crippen LogP contribution >= 0.6 is 0 Å². The van der Waals surface area contributed by atoms with Crippen molar-refractivity contribution in [3.63, 3.8) is 0 Å². The molecule has 4 N–H and O–H groups in total. The van der Waals surface area contributed by atoms with Gasteiger partial charge in [-0.05, 0) is 45.4 Å². The van der Waals surface area contributed by atoms with Gasteiger partial charge >= 0.3 is 0 Å². The van der Waals surface area contributed by atoms with Gasteiger partial charge < -0.3 is 30.2 Å². The molecule has 166 valence electrons. The number of pyridine rings is 1. The number of aromatic nitrogens is 3. The van der Waals surface area contributed by atoms with Crippen molar-refractivity contribution in [2.45, 2.75) is 58.4 Å². The molecule has 2 aromatic heterocycles. The van der Waals surface area contributed by atoms with E-state index in [1.807, 2.05) is 29.7 Å². The Morgan fingerprint density at radius 3 is 2.77 bits per heavy atom. The van der Waals surface area contributed by atoms with Crippen molar-refractivity contribution in [1.82, 2.24) is 14.5 Å². The molecule has 0 bridgehead atoms. The monoisotopic (exact) mass is 427 g/mol. The van der Waals surface area contributed by atoms with Gasteiger partial charge in [0.25, 0.3) is 0 Å². The summed E-state index contributed by atoms with van der Waals surface area (Å²) in [6, 6.07) is 5.34. The fourth-order valence-corrected chi connectivity index (χ4v) is 4.23. The van der Waals surface area contributed by atoms with Crippen molar-refractivity contribution in [3.8, 4) is 0 Å². The highest BCUT2D eigenvalue weighted by molar-refractivity contribution is 6.08. The van der Waals surface area contributed by atoms with Gasteiger partial charge in [0.15, 0.2) is 5.82 Å². The van der Waals surface area contributed by atoms with Crippen molar-refractivity contribution in [1.29, 1.82) is 0 Å². The Kier molecular flexibility index (Phi) is 5.59. The molecule has 1 aromatic carbocycles. The number of nitrogens with two attached hydrogens (primary N) is 1. The molecule has 0 aliphatic carbocycles. The largest absolute Gasteiger partial charge is 0.394 e. The Labute approximate surface area is 180 Å². The van der Waals surface area contributed by atoms with E-state index in [-0.39, 0.29) is 24.4 Å². The summed E-state index contributed by atoms with van der Waals surface area (Å²) in [5.74, 6) is 0.927. The number of aliphatic hydroxyl groups excluding tert-OH is 1. The maximum absolute atomic E-state index is 12.4. The van der Waals surface area contributed by atoms with Crippen LogP contribution in [-0.4, -0.2) is 55.5 Å². The molecule has 31 heavy (non-hydrogen) atoms. The van der Waals surface area contributed by atoms with Gasteiger partial charge in [0.1, 0.15) is 17.9 Å². The van der Waals surface area contributed by atoms with Crippen LogP contribution in [-0.2, 0) is 22.7 Å². The first-order valence-electron chi connectivity index (χ1n) is 10.5. The number of ether oxygens (including phenoxy) is 1. The third kappa shape index (κ3) is 3.96. The SMILES string of the molecule is CCOCc1nc2c(N)nc3cc(N4C(=O)CC[C@@H]4CO)ccc3c2n1CC(C)(C)O. The second-order valence-electron chi connectivity index (χ2n) is 8.60. The minimum absolute atomic E-state index is 0.0153. The van der Waals surface area contributed by atoms with Crippen LogP contribution in [0.1, 0.15) is 39.4 Å². The van der Waals surface area contributed by atoms with Gasteiger partial charge in [-0.1, -0.05) is 0 Å². The summed E-state index contributed by atoms with van der Waals surface area (Å²) < 4.78 is 7.52. The van der Waals surface area contributed by atoms with Crippen molar-refractivity contribution >= 4 is 39.3 Å². The van der Waals surface area contributed by atoms with E-state index in [9.17, 15) is 15.0 Å². The molecule has 0 saturated carbocycles. The highest BCUT2D eigenvalue weighted by atomic mass is 16.5. The molecule has 4 rings (SSSR count). The smallest absolute Gasteiger partial charge is 0.227 e. The molecular formula is C22H29N5O4. The van der Waals surface area contributed by atoms with Gasteiger partial charge in [-0.15, -0.1) is 0 Å². The quantitative estimate of drug-likeness (QED) is 0.526. The number of nitrogens with zero attached hydrogens (tertiary/aromatic N) is 4. The minimum Gasteiger partial charge on any atom is -0.394 e. The lowest BCUT2D eigenvalue weighted by molar-refractivity contribution is -0.117. The molecule has 1 saturated heterocycles. The molecule has 0 radical (unpaired) electrons. The first-order chi connectivity index (χ1) is 14.7. The normalized spacial score (nSPS) is 17.4. The molecule has 9 heteroatoms. The van der Waals surface area contributed by atoms with E-state index >= 15 is 0 Å². The molecule has 9 nitrogen and oxygen atoms in total. The van der Waals surface area contributed by atoms with Crippen molar-refractivity contribution in [2.24, 2.45) is 0 Å². The number of carbonyl (C=O) groups is 1. The Balaban J connectivity index is 1.91. The van der Waals surface area contributed by atoms with E-state index in [1.165, 1.54) is 0 Å². The summed E-state index contributed by atoms with van der Waals surface area (Å²) in [5.41, 5.74) is 7.94. The molecule has 1 atom stereocenters. The van der Waals surface area contributed by atoms with Crippen LogP contribution in [0.2, 0.25) is 0 Å². The second kappa shape index (κ2) is 8.07. The number of imidazole rings is 1. The number of amides is 1. The Morgan fingerprint density at radius 1 is 1.32 bits per heavy atom. The molecule has 1 amide bonds. The van der Waals surface area contributed by atoms with E-state index in [2.05, 4.69) is 9.97 Å². The molecular weight excluding hydrogens is 398 g/mol. The number of anilines is 2. The van der Waals surface area contributed by atoms with E-state index in [4.69, 9.17) is 10.5 Å². The van der Waals surface area contributed by atoms with Crippen LogP contribution in [0.3, 0.4) is 0 Å². The minimum atomic E-state index is -0.977. The summed E-state index contributed by atoms with van der Waals surface area (Å²) in [4.78, 5) is 23.2. The lowest BCUT2D eigenvalue weighted by Crippen LogP contribution is -2.35. The van der Waals surface area contributed by atoms with E-state index in [0.29, 0.717) is 55.1 Å². The standard InChI is InChI=1S/C22H29N5O4/c1-4-31-11-17-25-19-20(26(17)12-22(2,3)30)15-7-5-13(9-16(15)24-21(19)23)27-14(10-28)6-8-18(27)29/h5,7,9,14,28,30H,4,6,8,10-12H2,1-3H3,(H2,23,24)/t14-/m1/s1. The average Bonchev–Trinajstić information content (AvgIpc) is 3.25. The summed E-state index contributed by atoms with van der Waals surface area (Å²) in [6.45, 7) is 6.44. The number of nitrogen functional groups attached to an aromatic ring is 1. The van der Waals surface area contributed by atoms with Crippen LogP contribution in [0.4, 0.5) is 11.5 Å². The van der Waals surface area contributed by atoms with Gasteiger partial charge in [-0.3, -0.25) is 4.79 Å². The highest BCUT2D eigenvalue weighted by Gasteiger charge is 2.32. The lowest BCUT2D eigenvalue weighted by atomic mass is 10.1. The maximum atomic E-state index is 12.4. The number of fused-ring (bicyclic) bond motifs is 3. The number of carbonyl (C=O) groups excluding carboxylic acids is 1. The van der Waals surface area contributed by atoms with Gasteiger partial charge in [-0.25, -0.2) is 9.97 Å². The van der Waals surface area contributed by atoms with Crippen LogP contribution < -0.4 is 10.6 Å². The van der Waals surface area contributed by atoms with Gasteiger partial charge in [0, 0.05) is 24.1 Å². The fraction of sp³-hybridized carbons (Fsp3) is 0.500. The maximum Gasteiger partial charge on any atom is 0.227 e. The van der Waals surface area contributed by atoms with Crippen LogP contribution in [0.25, 0.3) is 21.9 Å². The number of hydrogen-bond acceptors (Lipinski definition) is 7. The summed E-state index contributed by atoms with van der Waals surface area (Å²) in [7, 11) is 0. The molecule has 3 heterocycles. The highest BCUT2D eigenvalue weighted by Crippen LogP contribution is 2.34. The fourth-order valence-electron chi connectivity index (χ4n) is 4.23. The summed E-state index contributed by atoms with van der Waals surface area (Å²) in [6.07, 6.45) is 1.04. The van der Waals surface area contributed by atoms with Crippen molar-refractivity contribution in [3.05, 3.63) is 24.0 Å². The average molecular weight is 428 g/mol. The number of rotatable bonds is 7. The van der Waals surface area contributed by atoms with Gasteiger partial charge in [0.2, 0.25) is 5.91 Å². The zero-order chi connectivity index (χ0) is 22.3. The molecule has 1 aliphatic heterocycles. The first-order valence-corrected chi connectivity index (χ1v) is 10.5. The van der Waals surface area contributed by atoms with Crippen LogP contribution in [0.5, 0.6) is 0 Å². The predicted molar refractivity (Wildman–Crippen MR) is 119 cm³/mol. The summed E-state index contributed by atoms with van der Waals surface area (Å²) in [5, 5.41) is 21.0. The Hall–Kier alpha value is -2.75. The first kappa shape index (κ1) is 21.5. The summed E-state index contributed by atoms with van der Waals surface area (Å²) >= 11 is 0. The Bertz CT molecular complexity index is 1130. The van der Waals surface area contributed by atoms with Gasteiger partial charge in [-0.2, -0.15) is 0 Å². The van der Waals surface area contributed by atoms with E-state index < -0.39 is 5.60 Å². The second-order valence-corrected chi connectivity index (χ2v) is 8.60.